The van der Waals surface area contributed by atoms with Crippen LogP contribution >= 0.6 is 0 Å². The van der Waals surface area contributed by atoms with Gasteiger partial charge in [0.1, 0.15) is 0 Å². The van der Waals surface area contributed by atoms with Gasteiger partial charge in [0.05, 0.1) is 12.5 Å². The molecule has 5 nitrogen and oxygen atoms in total. The van der Waals surface area contributed by atoms with Crippen molar-refractivity contribution in [2.24, 2.45) is 10.9 Å². The Morgan fingerprint density at radius 1 is 1.17 bits per heavy atom. The third-order valence-corrected chi connectivity index (χ3v) is 2.23. The van der Waals surface area contributed by atoms with E-state index in [1.54, 1.807) is 7.05 Å². The van der Waals surface area contributed by atoms with Crippen molar-refractivity contribution in [1.29, 1.82) is 0 Å². The Bertz CT molecular complexity index is 263. The molecule has 0 aliphatic carbocycles. The summed E-state index contributed by atoms with van der Waals surface area (Å²) in [6.45, 7) is 9.47. The standard InChI is InChI=1S/C13H27N3O2/c1-10(2)6-8-15-13(14-5)16-9-7-12(17)18-11(3)4/h10-11H,6-9H2,1-5H3,(H2,14,15,16). The SMILES string of the molecule is CN=C(NCCC(=O)OC(C)C)NCCC(C)C. The van der Waals surface area contributed by atoms with E-state index in [0.717, 1.165) is 18.9 Å². The summed E-state index contributed by atoms with van der Waals surface area (Å²) in [5, 5.41) is 6.29. The van der Waals surface area contributed by atoms with Crippen LogP contribution in [0, 0.1) is 5.92 Å². The number of esters is 1. The molecular formula is C13H27N3O2. The molecule has 0 fully saturated rings. The number of rotatable bonds is 7. The molecule has 0 aromatic carbocycles. The molecule has 0 aromatic heterocycles. The minimum Gasteiger partial charge on any atom is -0.463 e. The number of guanidine groups is 1. The Balaban J connectivity index is 3.71. The van der Waals surface area contributed by atoms with Crippen LogP contribution in [0.3, 0.4) is 0 Å². The van der Waals surface area contributed by atoms with Crippen molar-refractivity contribution in [3.05, 3.63) is 0 Å². The first-order valence-electron chi connectivity index (χ1n) is 6.59. The lowest BCUT2D eigenvalue weighted by Gasteiger charge is -2.13. The van der Waals surface area contributed by atoms with Crippen molar-refractivity contribution in [1.82, 2.24) is 10.6 Å². The number of aliphatic imine (C=N–C) groups is 1. The molecule has 0 bridgehead atoms. The maximum absolute atomic E-state index is 11.3. The molecule has 0 heterocycles. The molecule has 2 N–H and O–H groups in total. The van der Waals surface area contributed by atoms with Gasteiger partial charge in [-0.05, 0) is 26.2 Å². The second-order valence-electron chi connectivity index (χ2n) is 4.90. The van der Waals surface area contributed by atoms with Gasteiger partial charge in [-0.2, -0.15) is 0 Å². The van der Waals surface area contributed by atoms with Crippen LogP contribution in [0.25, 0.3) is 0 Å². The van der Waals surface area contributed by atoms with Crippen molar-refractivity contribution in [3.8, 4) is 0 Å². The fourth-order valence-electron chi connectivity index (χ4n) is 1.30. The average molecular weight is 257 g/mol. The van der Waals surface area contributed by atoms with Gasteiger partial charge in [0.2, 0.25) is 0 Å². The highest BCUT2D eigenvalue weighted by Gasteiger charge is 2.05. The lowest BCUT2D eigenvalue weighted by molar-refractivity contribution is -0.147. The summed E-state index contributed by atoms with van der Waals surface area (Å²) in [5.41, 5.74) is 0. The van der Waals surface area contributed by atoms with Gasteiger partial charge in [-0.1, -0.05) is 13.8 Å². The highest BCUT2D eigenvalue weighted by Crippen LogP contribution is 1.96. The fourth-order valence-corrected chi connectivity index (χ4v) is 1.30. The number of carbonyl (C=O) groups excluding carboxylic acids is 1. The van der Waals surface area contributed by atoms with Gasteiger partial charge in [-0.25, -0.2) is 0 Å². The summed E-state index contributed by atoms with van der Waals surface area (Å²) in [6.07, 6.45) is 1.39. The van der Waals surface area contributed by atoms with Crippen molar-refractivity contribution in [2.75, 3.05) is 20.1 Å². The van der Waals surface area contributed by atoms with Crippen LogP contribution in [0.4, 0.5) is 0 Å². The van der Waals surface area contributed by atoms with Gasteiger partial charge in [0, 0.05) is 20.1 Å². The molecule has 0 aliphatic heterocycles. The number of carbonyl (C=O) groups is 1. The lowest BCUT2D eigenvalue weighted by atomic mass is 10.1. The molecule has 0 atom stereocenters. The van der Waals surface area contributed by atoms with E-state index in [9.17, 15) is 4.79 Å². The van der Waals surface area contributed by atoms with Crippen molar-refractivity contribution in [3.63, 3.8) is 0 Å². The molecule has 0 radical (unpaired) electrons. The molecule has 106 valence electrons. The lowest BCUT2D eigenvalue weighted by Crippen LogP contribution is -2.39. The minimum absolute atomic E-state index is 0.0546. The largest absolute Gasteiger partial charge is 0.463 e. The topological polar surface area (TPSA) is 62.7 Å². The molecule has 0 amide bonds. The highest BCUT2D eigenvalue weighted by atomic mass is 16.5. The van der Waals surface area contributed by atoms with Crippen molar-refractivity contribution < 1.29 is 9.53 Å². The predicted octanol–water partition coefficient (Wildman–Crippen LogP) is 1.54. The number of nitrogens with one attached hydrogen (secondary N) is 2. The van der Waals surface area contributed by atoms with Crippen LogP contribution in [0.1, 0.15) is 40.5 Å². The maximum Gasteiger partial charge on any atom is 0.307 e. The summed E-state index contributed by atoms with van der Waals surface area (Å²) < 4.78 is 5.04. The summed E-state index contributed by atoms with van der Waals surface area (Å²) in [7, 11) is 1.72. The Hall–Kier alpha value is -1.26. The second kappa shape index (κ2) is 9.74. The van der Waals surface area contributed by atoms with E-state index >= 15 is 0 Å². The summed E-state index contributed by atoms with van der Waals surface area (Å²) >= 11 is 0. The first-order valence-corrected chi connectivity index (χ1v) is 6.59. The van der Waals surface area contributed by atoms with E-state index < -0.39 is 0 Å². The number of ether oxygens (including phenoxy) is 1. The molecular weight excluding hydrogens is 230 g/mol. The number of nitrogens with zero attached hydrogens (tertiary/aromatic N) is 1. The molecule has 0 saturated carbocycles. The van der Waals surface area contributed by atoms with Gasteiger partial charge < -0.3 is 15.4 Å². The Kier molecular flexibility index (Phi) is 9.06. The molecule has 0 rings (SSSR count). The van der Waals surface area contributed by atoms with Gasteiger partial charge >= 0.3 is 5.97 Å². The maximum atomic E-state index is 11.3. The number of hydrogen-bond acceptors (Lipinski definition) is 3. The van der Waals surface area contributed by atoms with Gasteiger partial charge in [-0.3, -0.25) is 9.79 Å². The number of hydrogen-bond donors (Lipinski definition) is 2. The predicted molar refractivity (Wildman–Crippen MR) is 74.7 cm³/mol. The van der Waals surface area contributed by atoms with Gasteiger partial charge in [-0.15, -0.1) is 0 Å². The molecule has 0 spiro atoms. The summed E-state index contributed by atoms with van der Waals surface area (Å²) in [6, 6.07) is 0. The quantitative estimate of drug-likeness (QED) is 0.412. The Morgan fingerprint density at radius 3 is 2.28 bits per heavy atom. The summed E-state index contributed by atoms with van der Waals surface area (Å²) in [4.78, 5) is 15.4. The molecule has 0 aromatic rings. The second-order valence-corrected chi connectivity index (χ2v) is 4.90. The molecule has 0 saturated heterocycles. The molecule has 5 heteroatoms. The third kappa shape index (κ3) is 9.93. The molecule has 18 heavy (non-hydrogen) atoms. The summed E-state index contributed by atoms with van der Waals surface area (Å²) in [5.74, 6) is 1.21. The van der Waals surface area contributed by atoms with Crippen LogP contribution in [0.5, 0.6) is 0 Å². The smallest absolute Gasteiger partial charge is 0.307 e. The minimum atomic E-state index is -0.185. The first kappa shape index (κ1) is 16.7. The molecule has 0 aliphatic rings. The van der Waals surface area contributed by atoms with E-state index in [-0.39, 0.29) is 12.1 Å². The van der Waals surface area contributed by atoms with Crippen LogP contribution < -0.4 is 10.6 Å². The van der Waals surface area contributed by atoms with E-state index in [4.69, 9.17) is 4.74 Å². The zero-order valence-electron chi connectivity index (χ0n) is 12.2. The normalized spacial score (nSPS) is 11.8. The molecule has 0 unspecified atom stereocenters. The highest BCUT2D eigenvalue weighted by molar-refractivity contribution is 5.80. The van der Waals surface area contributed by atoms with Crippen LogP contribution in [-0.2, 0) is 9.53 Å². The van der Waals surface area contributed by atoms with E-state index in [1.807, 2.05) is 13.8 Å². The van der Waals surface area contributed by atoms with Crippen LogP contribution in [-0.4, -0.2) is 38.2 Å². The van der Waals surface area contributed by atoms with Gasteiger partial charge in [0.25, 0.3) is 0 Å². The van der Waals surface area contributed by atoms with Crippen molar-refractivity contribution >= 4 is 11.9 Å². The van der Waals surface area contributed by atoms with E-state index in [2.05, 4.69) is 29.5 Å². The van der Waals surface area contributed by atoms with E-state index in [0.29, 0.717) is 18.9 Å². The van der Waals surface area contributed by atoms with E-state index in [1.165, 1.54) is 0 Å². The van der Waals surface area contributed by atoms with Crippen LogP contribution in [0.2, 0.25) is 0 Å². The van der Waals surface area contributed by atoms with Crippen molar-refractivity contribution in [2.45, 2.75) is 46.6 Å². The third-order valence-electron chi connectivity index (χ3n) is 2.23. The Labute approximate surface area is 110 Å². The zero-order valence-corrected chi connectivity index (χ0v) is 12.2. The Morgan fingerprint density at radius 2 is 1.78 bits per heavy atom. The average Bonchev–Trinajstić information content (AvgIpc) is 2.25. The first-order chi connectivity index (χ1) is 8.45. The monoisotopic (exact) mass is 257 g/mol. The fraction of sp³-hybridized carbons (Fsp3) is 0.846. The van der Waals surface area contributed by atoms with Gasteiger partial charge in [0.15, 0.2) is 5.96 Å². The van der Waals surface area contributed by atoms with Crippen LogP contribution in [0.15, 0.2) is 4.99 Å². The zero-order chi connectivity index (χ0) is 14.0.